The molecule has 0 unspecified atom stereocenters. The van der Waals surface area contributed by atoms with Crippen molar-refractivity contribution in [3.05, 3.63) is 41.5 Å². The molecule has 0 bridgehead atoms. The van der Waals surface area contributed by atoms with Gasteiger partial charge in [0.1, 0.15) is 0 Å². The summed E-state index contributed by atoms with van der Waals surface area (Å²) in [6.45, 7) is 7.79. The average Bonchev–Trinajstić information content (AvgIpc) is 3.01. The van der Waals surface area contributed by atoms with Gasteiger partial charge in [0.25, 0.3) is 5.91 Å². The van der Waals surface area contributed by atoms with Crippen LogP contribution in [0, 0.1) is 12.8 Å². The number of nitrogens with zero attached hydrogens (tertiary/aromatic N) is 3. The standard InChI is InChI=1S/C18H25N3O3S/c1-13(2)11-21(9-10-23-4)18(22)15-7-5-6-8-16(15)25-12-17-19-14(3)20-24-17/h5-8,13H,9-12H2,1-4H3. The zero-order chi connectivity index (χ0) is 18.2. The fourth-order valence-corrected chi connectivity index (χ4v) is 3.28. The summed E-state index contributed by atoms with van der Waals surface area (Å²) in [5, 5.41) is 3.79. The summed E-state index contributed by atoms with van der Waals surface area (Å²) in [4.78, 5) is 20.0. The lowest BCUT2D eigenvalue weighted by Gasteiger charge is -2.25. The highest BCUT2D eigenvalue weighted by atomic mass is 32.2. The van der Waals surface area contributed by atoms with E-state index in [1.165, 1.54) is 11.8 Å². The molecule has 0 radical (unpaired) electrons. The van der Waals surface area contributed by atoms with Crippen LogP contribution in [0.15, 0.2) is 33.7 Å². The molecule has 0 spiro atoms. The third kappa shape index (κ3) is 5.86. The van der Waals surface area contributed by atoms with E-state index in [0.29, 0.717) is 48.6 Å². The van der Waals surface area contributed by atoms with Crippen LogP contribution in [-0.4, -0.2) is 47.8 Å². The highest BCUT2D eigenvalue weighted by molar-refractivity contribution is 7.98. The molecule has 7 heteroatoms. The number of ether oxygens (including phenoxy) is 1. The summed E-state index contributed by atoms with van der Waals surface area (Å²) < 4.78 is 10.3. The van der Waals surface area contributed by atoms with Crippen LogP contribution in [0.25, 0.3) is 0 Å². The maximum Gasteiger partial charge on any atom is 0.255 e. The molecule has 1 aromatic heterocycles. The molecule has 25 heavy (non-hydrogen) atoms. The Hall–Kier alpha value is -1.86. The summed E-state index contributed by atoms with van der Waals surface area (Å²) >= 11 is 1.53. The highest BCUT2D eigenvalue weighted by Gasteiger charge is 2.20. The molecule has 2 aromatic rings. The molecular weight excluding hydrogens is 338 g/mol. The largest absolute Gasteiger partial charge is 0.383 e. The van der Waals surface area contributed by atoms with Crippen LogP contribution in [-0.2, 0) is 10.5 Å². The molecule has 2 rings (SSSR count). The fraction of sp³-hybridized carbons (Fsp3) is 0.500. The number of amides is 1. The Balaban J connectivity index is 2.14. The van der Waals surface area contributed by atoms with Gasteiger partial charge >= 0.3 is 0 Å². The number of thioether (sulfide) groups is 1. The van der Waals surface area contributed by atoms with Crippen molar-refractivity contribution in [2.45, 2.75) is 31.4 Å². The van der Waals surface area contributed by atoms with Gasteiger partial charge in [0.15, 0.2) is 5.82 Å². The van der Waals surface area contributed by atoms with Crippen molar-refractivity contribution in [1.82, 2.24) is 15.0 Å². The van der Waals surface area contributed by atoms with E-state index in [1.807, 2.05) is 29.2 Å². The maximum absolute atomic E-state index is 13.0. The molecule has 136 valence electrons. The predicted molar refractivity (Wildman–Crippen MR) is 97.7 cm³/mol. The number of hydrogen-bond donors (Lipinski definition) is 0. The third-order valence-electron chi connectivity index (χ3n) is 3.48. The van der Waals surface area contributed by atoms with Crippen LogP contribution in [0.5, 0.6) is 0 Å². The number of benzene rings is 1. The van der Waals surface area contributed by atoms with Crippen molar-refractivity contribution in [2.24, 2.45) is 5.92 Å². The summed E-state index contributed by atoms with van der Waals surface area (Å²) in [7, 11) is 1.65. The number of carbonyl (C=O) groups excluding carboxylic acids is 1. The minimum atomic E-state index is 0.0237. The topological polar surface area (TPSA) is 68.5 Å². The lowest BCUT2D eigenvalue weighted by Crippen LogP contribution is -2.37. The van der Waals surface area contributed by atoms with Gasteiger partial charge in [0, 0.05) is 25.1 Å². The molecule has 1 heterocycles. The molecule has 0 aliphatic heterocycles. The van der Waals surface area contributed by atoms with E-state index in [0.717, 1.165) is 4.90 Å². The van der Waals surface area contributed by atoms with Gasteiger partial charge in [0.05, 0.1) is 17.9 Å². The van der Waals surface area contributed by atoms with Gasteiger partial charge in [0.2, 0.25) is 5.89 Å². The van der Waals surface area contributed by atoms with Gasteiger partial charge < -0.3 is 14.2 Å². The molecule has 0 N–H and O–H groups in total. The first-order chi connectivity index (χ1) is 12.0. The van der Waals surface area contributed by atoms with E-state index < -0.39 is 0 Å². The Kier molecular flexibility index (Phi) is 7.46. The van der Waals surface area contributed by atoms with Crippen molar-refractivity contribution in [2.75, 3.05) is 26.8 Å². The summed E-state index contributed by atoms with van der Waals surface area (Å²) in [6, 6.07) is 7.63. The SMILES string of the molecule is COCCN(CC(C)C)C(=O)c1ccccc1SCc1nc(C)no1. The summed E-state index contributed by atoms with van der Waals surface area (Å²) in [5.74, 6) is 2.12. The van der Waals surface area contributed by atoms with Gasteiger partial charge in [-0.2, -0.15) is 4.98 Å². The minimum Gasteiger partial charge on any atom is -0.383 e. The Bertz CT molecular complexity index is 688. The normalized spacial score (nSPS) is 11.1. The first-order valence-electron chi connectivity index (χ1n) is 8.30. The number of aryl methyl sites for hydroxylation is 1. The first kappa shape index (κ1) is 19.5. The van der Waals surface area contributed by atoms with Crippen LogP contribution < -0.4 is 0 Å². The molecule has 1 amide bonds. The second kappa shape index (κ2) is 9.58. The maximum atomic E-state index is 13.0. The monoisotopic (exact) mass is 363 g/mol. The van der Waals surface area contributed by atoms with E-state index in [1.54, 1.807) is 14.0 Å². The zero-order valence-electron chi connectivity index (χ0n) is 15.2. The smallest absolute Gasteiger partial charge is 0.255 e. The molecular formula is C18H25N3O3S. The summed E-state index contributed by atoms with van der Waals surface area (Å²) in [5.41, 5.74) is 0.695. The average molecular weight is 363 g/mol. The van der Waals surface area contributed by atoms with Crippen molar-refractivity contribution >= 4 is 17.7 Å². The molecule has 0 atom stereocenters. The van der Waals surface area contributed by atoms with Crippen molar-refractivity contribution in [3.8, 4) is 0 Å². The second-order valence-corrected chi connectivity index (χ2v) is 7.18. The highest BCUT2D eigenvalue weighted by Crippen LogP contribution is 2.27. The van der Waals surface area contributed by atoms with Gasteiger partial charge in [-0.1, -0.05) is 31.1 Å². The van der Waals surface area contributed by atoms with Crippen LogP contribution in [0.2, 0.25) is 0 Å². The van der Waals surface area contributed by atoms with Gasteiger partial charge in [-0.25, -0.2) is 0 Å². The number of carbonyl (C=O) groups is 1. The third-order valence-corrected chi connectivity index (χ3v) is 4.53. The van der Waals surface area contributed by atoms with E-state index in [-0.39, 0.29) is 5.91 Å². The van der Waals surface area contributed by atoms with E-state index >= 15 is 0 Å². The van der Waals surface area contributed by atoms with Crippen molar-refractivity contribution in [3.63, 3.8) is 0 Å². The molecule has 0 aliphatic rings. The molecule has 1 aromatic carbocycles. The number of methoxy groups -OCH3 is 1. The predicted octanol–water partition coefficient (Wildman–Crippen LogP) is 3.41. The Morgan fingerprint density at radius 3 is 2.76 bits per heavy atom. The van der Waals surface area contributed by atoms with Crippen LogP contribution in [0.4, 0.5) is 0 Å². The number of hydrogen-bond acceptors (Lipinski definition) is 6. The van der Waals surface area contributed by atoms with Crippen LogP contribution in [0.3, 0.4) is 0 Å². The van der Waals surface area contributed by atoms with Crippen LogP contribution in [0.1, 0.15) is 35.9 Å². The molecule has 0 saturated heterocycles. The Morgan fingerprint density at radius 1 is 1.36 bits per heavy atom. The quantitative estimate of drug-likeness (QED) is 0.636. The zero-order valence-corrected chi connectivity index (χ0v) is 16.0. The van der Waals surface area contributed by atoms with Crippen molar-refractivity contribution < 1.29 is 14.1 Å². The molecule has 0 fully saturated rings. The summed E-state index contributed by atoms with van der Waals surface area (Å²) in [6.07, 6.45) is 0. The van der Waals surface area contributed by atoms with Gasteiger partial charge in [-0.05, 0) is 25.0 Å². The molecule has 6 nitrogen and oxygen atoms in total. The lowest BCUT2D eigenvalue weighted by molar-refractivity contribution is 0.0669. The van der Waals surface area contributed by atoms with E-state index in [9.17, 15) is 4.79 Å². The molecule has 0 saturated carbocycles. The fourth-order valence-electron chi connectivity index (χ4n) is 2.40. The molecule has 0 aliphatic carbocycles. The van der Waals surface area contributed by atoms with E-state index in [2.05, 4.69) is 24.0 Å². The first-order valence-corrected chi connectivity index (χ1v) is 9.29. The van der Waals surface area contributed by atoms with Gasteiger partial charge in [-0.3, -0.25) is 4.79 Å². The minimum absolute atomic E-state index is 0.0237. The van der Waals surface area contributed by atoms with E-state index in [4.69, 9.17) is 9.26 Å². The number of aromatic nitrogens is 2. The van der Waals surface area contributed by atoms with Crippen molar-refractivity contribution in [1.29, 1.82) is 0 Å². The van der Waals surface area contributed by atoms with Gasteiger partial charge in [-0.15, -0.1) is 11.8 Å². The lowest BCUT2D eigenvalue weighted by atomic mass is 10.1. The Labute approximate surface area is 152 Å². The second-order valence-electron chi connectivity index (χ2n) is 6.16. The Morgan fingerprint density at radius 2 is 2.12 bits per heavy atom. The number of rotatable bonds is 9. The van der Waals surface area contributed by atoms with Crippen LogP contribution >= 0.6 is 11.8 Å².